The van der Waals surface area contributed by atoms with Crippen LogP contribution in [0.15, 0.2) is 108 Å². The van der Waals surface area contributed by atoms with Crippen molar-refractivity contribution in [1.82, 2.24) is 15.0 Å². The molecule has 3 aromatic carbocycles. The number of hydrogen-bond acceptors (Lipinski definition) is 12. The fourth-order valence-electron chi connectivity index (χ4n) is 8.40. The second-order valence-electron chi connectivity index (χ2n) is 15.1. The first-order valence-corrected chi connectivity index (χ1v) is 19.1. The number of alkyl halides is 3. The molecule has 0 bridgehead atoms. The van der Waals surface area contributed by atoms with Crippen molar-refractivity contribution in [3.8, 4) is 17.4 Å². The van der Waals surface area contributed by atoms with E-state index >= 15 is 4.79 Å². The largest absolute Gasteiger partial charge is 0.573 e. The lowest BCUT2D eigenvalue weighted by Crippen LogP contribution is -2.60. The summed E-state index contributed by atoms with van der Waals surface area (Å²) in [6.07, 6.45) is -2.59. The molecule has 7 rings (SSSR count). The number of hydrogen-bond donors (Lipinski definition) is 3. The van der Waals surface area contributed by atoms with E-state index in [1.165, 1.54) is 4.90 Å². The Morgan fingerprint density at radius 3 is 2.20 bits per heavy atom. The average molecular weight is 829 g/mol. The van der Waals surface area contributed by atoms with Crippen LogP contribution in [0.4, 0.5) is 18.9 Å². The standard InChI is InChI=1S/C44H43F3N4O9/c1-5-17-51(18-6-2)36-29-20-27-19-28-31(59-44(45,46)47)21-30(48-32(52)22-50(3)4)38(57-23-25-13-9-7-10-14-25)34(28)37(53)33(27)40(54)43(29,56)41(55)35-39(36)60-49-42(35)58-24-26-15-11-8-12-16-26/h5-16,21,27,29,36,54,56H,1-2,17-20,22-24H2,3-4H3,(H,48,52)/t27-,29-,36-,43-/m0/s1. The molecule has 13 nitrogen and oxygen atoms in total. The second-order valence-corrected chi connectivity index (χ2v) is 15.1. The zero-order valence-corrected chi connectivity index (χ0v) is 32.8. The summed E-state index contributed by atoms with van der Waals surface area (Å²) in [5.41, 5.74) is -3.02. The third kappa shape index (κ3) is 7.92. The van der Waals surface area contributed by atoms with E-state index in [1.807, 2.05) is 6.07 Å². The van der Waals surface area contributed by atoms with E-state index in [0.717, 1.165) is 11.6 Å². The van der Waals surface area contributed by atoms with E-state index in [4.69, 9.17) is 14.0 Å². The number of amides is 1. The van der Waals surface area contributed by atoms with Crippen LogP contribution >= 0.6 is 0 Å². The van der Waals surface area contributed by atoms with E-state index in [1.54, 1.807) is 85.7 Å². The highest BCUT2D eigenvalue weighted by atomic mass is 19.4. The summed E-state index contributed by atoms with van der Waals surface area (Å²) in [5, 5.41) is 31.7. The molecule has 1 amide bonds. The third-order valence-electron chi connectivity index (χ3n) is 10.8. The molecule has 3 N–H and O–H groups in total. The lowest BCUT2D eigenvalue weighted by molar-refractivity contribution is -0.274. The molecule has 0 saturated carbocycles. The molecular formula is C44H43F3N4O9. The van der Waals surface area contributed by atoms with Crippen LogP contribution < -0.4 is 19.5 Å². The molecule has 4 aromatic rings. The normalized spacial score (nSPS) is 20.8. The van der Waals surface area contributed by atoms with Gasteiger partial charge in [0.15, 0.2) is 22.9 Å². The van der Waals surface area contributed by atoms with Crippen LogP contribution in [0.3, 0.4) is 0 Å². The number of halogens is 3. The minimum Gasteiger partial charge on any atom is -0.508 e. The highest BCUT2D eigenvalue weighted by Gasteiger charge is 2.64. The van der Waals surface area contributed by atoms with E-state index in [-0.39, 0.29) is 79.9 Å². The fourth-order valence-corrected chi connectivity index (χ4v) is 8.40. The quantitative estimate of drug-likeness (QED) is 0.108. The van der Waals surface area contributed by atoms with Crippen LogP contribution in [0.2, 0.25) is 0 Å². The van der Waals surface area contributed by atoms with E-state index in [2.05, 4.69) is 28.4 Å². The lowest BCUT2D eigenvalue weighted by Gasteiger charge is -2.50. The Bertz CT molecular complexity index is 2340. The van der Waals surface area contributed by atoms with Gasteiger partial charge in [0.05, 0.1) is 23.8 Å². The molecule has 1 heterocycles. The predicted molar refractivity (Wildman–Crippen MR) is 212 cm³/mol. The van der Waals surface area contributed by atoms with Gasteiger partial charge in [0.25, 0.3) is 5.88 Å². The number of ether oxygens (including phenoxy) is 3. The summed E-state index contributed by atoms with van der Waals surface area (Å²) in [6.45, 7) is 7.66. The van der Waals surface area contributed by atoms with Gasteiger partial charge in [-0.2, -0.15) is 0 Å². The first-order chi connectivity index (χ1) is 28.7. The maximum absolute atomic E-state index is 15.0. The first-order valence-electron chi connectivity index (χ1n) is 19.1. The highest BCUT2D eigenvalue weighted by molar-refractivity contribution is 6.17. The number of aliphatic hydroxyl groups excluding tert-OH is 1. The molecule has 16 heteroatoms. The lowest BCUT2D eigenvalue weighted by atomic mass is 9.58. The van der Waals surface area contributed by atoms with Gasteiger partial charge in [-0.1, -0.05) is 72.8 Å². The summed E-state index contributed by atoms with van der Waals surface area (Å²) in [4.78, 5) is 46.2. The van der Waals surface area contributed by atoms with Crippen molar-refractivity contribution >= 4 is 23.2 Å². The molecule has 60 heavy (non-hydrogen) atoms. The number of ketones is 2. The topological polar surface area (TPSA) is 164 Å². The van der Waals surface area contributed by atoms with Crippen LogP contribution in [-0.4, -0.2) is 88.3 Å². The summed E-state index contributed by atoms with van der Waals surface area (Å²) < 4.78 is 64.9. The van der Waals surface area contributed by atoms with Gasteiger partial charge in [-0.3, -0.25) is 19.3 Å². The van der Waals surface area contributed by atoms with Gasteiger partial charge in [-0.15, -0.1) is 26.3 Å². The highest BCUT2D eigenvalue weighted by Crippen LogP contribution is 2.58. The Balaban J connectivity index is 1.40. The molecule has 0 fully saturated rings. The smallest absolute Gasteiger partial charge is 0.508 e. The number of nitrogens with zero attached hydrogens (tertiary/aromatic N) is 3. The number of allylic oxidation sites excluding steroid dienone is 1. The maximum Gasteiger partial charge on any atom is 0.573 e. The molecule has 0 saturated heterocycles. The van der Waals surface area contributed by atoms with Gasteiger partial charge in [-0.05, 0) is 49.1 Å². The monoisotopic (exact) mass is 828 g/mol. The van der Waals surface area contributed by atoms with Crippen molar-refractivity contribution in [2.45, 2.75) is 44.1 Å². The third-order valence-corrected chi connectivity index (χ3v) is 10.8. The van der Waals surface area contributed by atoms with Gasteiger partial charge in [0, 0.05) is 36.2 Å². The van der Waals surface area contributed by atoms with Gasteiger partial charge < -0.3 is 39.2 Å². The van der Waals surface area contributed by atoms with Crippen molar-refractivity contribution < 1.29 is 56.5 Å². The maximum atomic E-state index is 15.0. The number of benzene rings is 3. The Morgan fingerprint density at radius 1 is 1.00 bits per heavy atom. The number of aromatic nitrogens is 1. The molecule has 0 spiro atoms. The van der Waals surface area contributed by atoms with Gasteiger partial charge >= 0.3 is 6.36 Å². The minimum atomic E-state index is -5.22. The molecule has 0 aliphatic heterocycles. The number of rotatable bonds is 15. The summed E-state index contributed by atoms with van der Waals surface area (Å²) in [6, 6.07) is 17.7. The number of nitrogens with one attached hydrogen (secondary N) is 1. The molecule has 4 atom stereocenters. The Labute approximate surface area is 343 Å². The van der Waals surface area contributed by atoms with E-state index in [9.17, 15) is 33.0 Å². The van der Waals surface area contributed by atoms with E-state index in [0.29, 0.717) is 5.56 Å². The summed E-state index contributed by atoms with van der Waals surface area (Å²) in [5.74, 6) is -7.28. The number of fused-ring (bicyclic) bond motifs is 4. The molecular weight excluding hydrogens is 785 g/mol. The molecule has 1 aromatic heterocycles. The number of carbonyl (C=O) groups excluding carboxylic acids is 3. The zero-order chi connectivity index (χ0) is 42.9. The van der Waals surface area contributed by atoms with E-state index < -0.39 is 70.0 Å². The Kier molecular flexibility index (Phi) is 11.7. The SMILES string of the molecule is C=CCN(CC=C)[C@@H]1c2onc(OCc3ccccc3)c2C(=O)[C@@]2(O)C(O)=C3C(=O)c4c(c(OC(F)(F)F)cc(NC(=O)CN(C)C)c4OCc4ccccc4)C[C@H]3C[C@@H]12. The fraction of sp³-hybridized carbons (Fsp3) is 0.318. The number of aliphatic hydroxyl groups is 2. The summed E-state index contributed by atoms with van der Waals surface area (Å²) in [7, 11) is 3.23. The predicted octanol–water partition coefficient (Wildman–Crippen LogP) is 6.76. The zero-order valence-electron chi connectivity index (χ0n) is 32.8. The van der Waals surface area contributed by atoms with Crippen molar-refractivity contribution in [2.24, 2.45) is 11.8 Å². The van der Waals surface area contributed by atoms with Crippen LogP contribution in [0, 0.1) is 11.8 Å². The van der Waals surface area contributed by atoms with Crippen molar-refractivity contribution in [2.75, 3.05) is 39.0 Å². The van der Waals surface area contributed by atoms with Gasteiger partial charge in [0.2, 0.25) is 11.7 Å². The molecule has 3 aliphatic carbocycles. The van der Waals surface area contributed by atoms with Crippen LogP contribution in [0.25, 0.3) is 0 Å². The average Bonchev–Trinajstić information content (AvgIpc) is 3.62. The van der Waals surface area contributed by atoms with Gasteiger partial charge in [0.1, 0.15) is 30.3 Å². The summed E-state index contributed by atoms with van der Waals surface area (Å²) >= 11 is 0. The molecule has 314 valence electrons. The van der Waals surface area contributed by atoms with Crippen LogP contribution in [-0.2, 0) is 24.4 Å². The molecule has 0 radical (unpaired) electrons. The molecule has 0 unspecified atom stereocenters. The van der Waals surface area contributed by atoms with Crippen molar-refractivity contribution in [3.05, 3.63) is 137 Å². The minimum absolute atomic E-state index is 0.0241. The number of Topliss-reactive ketones (excluding diaryl/α,β-unsaturated/α-hetero) is 2. The Hall–Kier alpha value is -6.23. The van der Waals surface area contributed by atoms with Crippen LogP contribution in [0.1, 0.15) is 55.6 Å². The number of anilines is 1. The van der Waals surface area contributed by atoms with Crippen molar-refractivity contribution in [3.63, 3.8) is 0 Å². The van der Waals surface area contributed by atoms with Gasteiger partial charge in [-0.25, -0.2) is 0 Å². The van der Waals surface area contributed by atoms with Crippen molar-refractivity contribution in [1.29, 1.82) is 0 Å². The molecule has 3 aliphatic rings. The number of likely N-dealkylation sites (N-methyl/N-ethyl adjacent to an activating group) is 1. The number of carbonyl (C=O) groups is 3. The Morgan fingerprint density at radius 2 is 1.62 bits per heavy atom. The second kappa shape index (κ2) is 16.8. The van der Waals surface area contributed by atoms with Crippen LogP contribution in [0.5, 0.6) is 17.4 Å². The first kappa shape index (κ1) is 41.9.